The summed E-state index contributed by atoms with van der Waals surface area (Å²) in [7, 11) is 1.62. The molecule has 0 aliphatic heterocycles. The molecule has 23 heavy (non-hydrogen) atoms. The predicted octanol–water partition coefficient (Wildman–Crippen LogP) is 4.19. The Morgan fingerprint density at radius 1 is 1.00 bits per heavy atom. The van der Waals surface area contributed by atoms with Crippen molar-refractivity contribution >= 4 is 12.0 Å². The van der Waals surface area contributed by atoms with E-state index in [0.29, 0.717) is 5.75 Å². The van der Waals surface area contributed by atoms with Gasteiger partial charge in [-0.25, -0.2) is 4.79 Å². The summed E-state index contributed by atoms with van der Waals surface area (Å²) in [6.45, 7) is 0. The van der Waals surface area contributed by atoms with Crippen LogP contribution >= 0.6 is 0 Å². The molecule has 118 valence electrons. The number of fused-ring (bicyclic) bond motifs is 1. The first-order valence-electron chi connectivity index (χ1n) is 7.90. The maximum atomic E-state index is 12.0. The lowest BCUT2D eigenvalue weighted by Crippen LogP contribution is -2.06. The molecular formula is C20H20O3. The summed E-state index contributed by atoms with van der Waals surface area (Å²) in [6, 6.07) is 13.5. The second-order valence-electron chi connectivity index (χ2n) is 5.67. The molecule has 0 spiro atoms. The maximum absolute atomic E-state index is 12.0. The van der Waals surface area contributed by atoms with Gasteiger partial charge in [-0.2, -0.15) is 0 Å². The van der Waals surface area contributed by atoms with Gasteiger partial charge in [-0.15, -0.1) is 0 Å². The molecule has 0 saturated carbocycles. The van der Waals surface area contributed by atoms with Crippen LogP contribution in [0.1, 0.15) is 29.5 Å². The Bertz CT molecular complexity index is 731. The van der Waals surface area contributed by atoms with Gasteiger partial charge in [0.15, 0.2) is 0 Å². The first kappa shape index (κ1) is 15.3. The van der Waals surface area contributed by atoms with Gasteiger partial charge in [-0.3, -0.25) is 0 Å². The number of aryl methyl sites for hydroxylation is 2. The van der Waals surface area contributed by atoms with E-state index >= 15 is 0 Å². The van der Waals surface area contributed by atoms with Crippen LogP contribution in [0.2, 0.25) is 0 Å². The molecule has 0 N–H and O–H groups in total. The normalized spacial score (nSPS) is 13.6. The van der Waals surface area contributed by atoms with Crippen LogP contribution in [-0.2, 0) is 17.6 Å². The van der Waals surface area contributed by atoms with E-state index in [0.717, 1.165) is 24.2 Å². The fourth-order valence-electron chi connectivity index (χ4n) is 2.83. The average molecular weight is 308 g/mol. The van der Waals surface area contributed by atoms with Crippen LogP contribution in [0.3, 0.4) is 0 Å². The lowest BCUT2D eigenvalue weighted by Gasteiger charge is -2.16. The van der Waals surface area contributed by atoms with Crippen molar-refractivity contribution in [2.75, 3.05) is 7.11 Å². The smallest absolute Gasteiger partial charge is 0.336 e. The average Bonchev–Trinajstić information content (AvgIpc) is 2.60. The van der Waals surface area contributed by atoms with Crippen molar-refractivity contribution in [2.24, 2.45) is 0 Å². The van der Waals surface area contributed by atoms with Crippen LogP contribution in [0.15, 0.2) is 48.5 Å². The minimum absolute atomic E-state index is 0.372. The zero-order valence-corrected chi connectivity index (χ0v) is 13.2. The molecule has 1 aliphatic rings. The molecule has 2 aromatic carbocycles. The van der Waals surface area contributed by atoms with E-state index in [-0.39, 0.29) is 5.97 Å². The highest BCUT2D eigenvalue weighted by molar-refractivity contribution is 5.88. The van der Waals surface area contributed by atoms with Gasteiger partial charge in [0.25, 0.3) is 0 Å². The Balaban J connectivity index is 1.65. The first-order chi connectivity index (χ1) is 11.2. The molecule has 0 radical (unpaired) electrons. The number of methoxy groups -OCH3 is 1. The van der Waals surface area contributed by atoms with E-state index in [9.17, 15) is 4.79 Å². The number of hydrogen-bond donors (Lipinski definition) is 0. The second kappa shape index (κ2) is 7.14. The van der Waals surface area contributed by atoms with Gasteiger partial charge in [0.1, 0.15) is 11.5 Å². The second-order valence-corrected chi connectivity index (χ2v) is 5.67. The number of esters is 1. The third-order valence-electron chi connectivity index (χ3n) is 4.04. The van der Waals surface area contributed by atoms with Crippen molar-refractivity contribution < 1.29 is 14.3 Å². The monoisotopic (exact) mass is 308 g/mol. The van der Waals surface area contributed by atoms with Crippen LogP contribution in [0, 0.1) is 0 Å². The molecule has 0 unspecified atom stereocenters. The topological polar surface area (TPSA) is 35.5 Å². The maximum Gasteiger partial charge on any atom is 0.336 e. The van der Waals surface area contributed by atoms with E-state index in [1.807, 2.05) is 36.4 Å². The highest BCUT2D eigenvalue weighted by Gasteiger charge is 2.10. The van der Waals surface area contributed by atoms with E-state index in [2.05, 4.69) is 6.07 Å². The van der Waals surface area contributed by atoms with Crippen molar-refractivity contribution in [1.82, 2.24) is 0 Å². The van der Waals surface area contributed by atoms with Crippen LogP contribution in [0.4, 0.5) is 0 Å². The number of hydrogen-bond acceptors (Lipinski definition) is 3. The number of carbonyl (C=O) groups is 1. The van der Waals surface area contributed by atoms with Gasteiger partial charge in [-0.1, -0.05) is 18.2 Å². The van der Waals surface area contributed by atoms with E-state index in [1.54, 1.807) is 13.2 Å². The first-order valence-corrected chi connectivity index (χ1v) is 7.90. The molecule has 0 amide bonds. The van der Waals surface area contributed by atoms with Gasteiger partial charge < -0.3 is 9.47 Å². The zero-order chi connectivity index (χ0) is 16.1. The Labute approximate surface area is 136 Å². The molecule has 0 bridgehead atoms. The summed E-state index contributed by atoms with van der Waals surface area (Å²) < 4.78 is 10.6. The number of ether oxygens (including phenoxy) is 2. The van der Waals surface area contributed by atoms with Crippen LogP contribution in [0.5, 0.6) is 11.5 Å². The lowest BCUT2D eigenvalue weighted by molar-refractivity contribution is -0.128. The standard InChI is InChI=1S/C20H20O3/c1-22-18-8-4-5-15(13-18)9-12-20(21)23-19-11-10-16-6-2-3-7-17(16)14-19/h4-5,8-14H,2-3,6-7H2,1H3/b12-9+. The summed E-state index contributed by atoms with van der Waals surface area (Å²) in [5, 5.41) is 0. The Morgan fingerprint density at radius 3 is 2.65 bits per heavy atom. The van der Waals surface area contributed by atoms with Gasteiger partial charge in [0.05, 0.1) is 7.11 Å². The third kappa shape index (κ3) is 4.01. The number of benzene rings is 2. The van der Waals surface area contributed by atoms with Gasteiger partial charge >= 0.3 is 5.97 Å². The third-order valence-corrected chi connectivity index (χ3v) is 4.04. The molecule has 2 aromatic rings. The highest BCUT2D eigenvalue weighted by atomic mass is 16.5. The molecule has 0 fully saturated rings. The molecule has 0 atom stereocenters. The highest BCUT2D eigenvalue weighted by Crippen LogP contribution is 2.25. The Hall–Kier alpha value is -2.55. The van der Waals surface area contributed by atoms with Crippen molar-refractivity contribution in [3.05, 3.63) is 65.2 Å². The van der Waals surface area contributed by atoms with Gasteiger partial charge in [0.2, 0.25) is 0 Å². The minimum atomic E-state index is -0.372. The quantitative estimate of drug-likeness (QED) is 0.482. The Kier molecular flexibility index (Phi) is 4.77. The molecular weight excluding hydrogens is 288 g/mol. The van der Waals surface area contributed by atoms with E-state index in [4.69, 9.17) is 9.47 Å². The van der Waals surface area contributed by atoms with Crippen molar-refractivity contribution in [3.8, 4) is 11.5 Å². The number of carbonyl (C=O) groups excluding carboxylic acids is 1. The molecule has 3 nitrogen and oxygen atoms in total. The van der Waals surface area contributed by atoms with Crippen molar-refractivity contribution in [2.45, 2.75) is 25.7 Å². The predicted molar refractivity (Wildman–Crippen MR) is 90.7 cm³/mol. The number of rotatable bonds is 4. The summed E-state index contributed by atoms with van der Waals surface area (Å²) >= 11 is 0. The minimum Gasteiger partial charge on any atom is -0.497 e. The van der Waals surface area contributed by atoms with Crippen LogP contribution in [-0.4, -0.2) is 13.1 Å². The summed E-state index contributed by atoms with van der Waals surface area (Å²) in [4.78, 5) is 12.0. The van der Waals surface area contributed by atoms with Gasteiger partial charge in [-0.05, 0) is 72.7 Å². The molecule has 0 aromatic heterocycles. The molecule has 3 rings (SSSR count). The summed E-state index contributed by atoms with van der Waals surface area (Å²) in [5.74, 6) is 1.00. The SMILES string of the molecule is COc1cccc(/C=C/C(=O)Oc2ccc3c(c2)CCCC3)c1. The largest absolute Gasteiger partial charge is 0.497 e. The summed E-state index contributed by atoms with van der Waals surface area (Å²) in [5.41, 5.74) is 3.58. The van der Waals surface area contributed by atoms with Crippen molar-refractivity contribution in [3.63, 3.8) is 0 Å². The fourth-order valence-corrected chi connectivity index (χ4v) is 2.83. The van der Waals surface area contributed by atoms with Gasteiger partial charge in [0, 0.05) is 6.08 Å². The van der Waals surface area contributed by atoms with Crippen LogP contribution in [0.25, 0.3) is 6.08 Å². The van der Waals surface area contributed by atoms with Crippen molar-refractivity contribution in [1.29, 1.82) is 0 Å². The molecule has 1 aliphatic carbocycles. The Morgan fingerprint density at radius 2 is 1.83 bits per heavy atom. The molecule has 0 saturated heterocycles. The van der Waals surface area contributed by atoms with E-state index < -0.39 is 0 Å². The van der Waals surface area contributed by atoms with Crippen LogP contribution < -0.4 is 9.47 Å². The fraction of sp³-hybridized carbons (Fsp3) is 0.250. The molecule has 3 heteroatoms. The summed E-state index contributed by atoms with van der Waals surface area (Å²) in [6.07, 6.45) is 7.81. The zero-order valence-electron chi connectivity index (χ0n) is 13.2. The van der Waals surface area contributed by atoms with E-state index in [1.165, 1.54) is 30.0 Å². The lowest BCUT2D eigenvalue weighted by atomic mass is 9.92. The molecule has 0 heterocycles.